The Bertz CT molecular complexity index is 427. The lowest BCUT2D eigenvalue weighted by Gasteiger charge is -2.10. The summed E-state index contributed by atoms with van der Waals surface area (Å²) in [6.07, 6.45) is 0. The van der Waals surface area contributed by atoms with Crippen molar-refractivity contribution in [1.29, 1.82) is 0 Å². The molecule has 0 radical (unpaired) electrons. The quantitative estimate of drug-likeness (QED) is 0.839. The molecule has 18 heavy (non-hydrogen) atoms. The molecule has 2 N–H and O–H groups in total. The molecule has 98 valence electrons. The van der Waals surface area contributed by atoms with Gasteiger partial charge in [0, 0.05) is 17.3 Å². The smallest absolute Gasteiger partial charge is 0.251 e. The van der Waals surface area contributed by atoms with Crippen LogP contribution in [0.5, 0.6) is 0 Å². The van der Waals surface area contributed by atoms with Crippen LogP contribution in [0.25, 0.3) is 0 Å². The van der Waals surface area contributed by atoms with Gasteiger partial charge in [0.05, 0.1) is 4.83 Å². The van der Waals surface area contributed by atoms with Crippen LogP contribution >= 0.6 is 15.9 Å². The van der Waals surface area contributed by atoms with Crippen molar-refractivity contribution >= 4 is 33.4 Å². The largest absolute Gasteiger partial charge is 0.350 e. The van der Waals surface area contributed by atoms with Gasteiger partial charge in [-0.1, -0.05) is 15.9 Å². The topological polar surface area (TPSA) is 58.2 Å². The fourth-order valence-electron chi connectivity index (χ4n) is 1.29. The van der Waals surface area contributed by atoms with E-state index in [0.29, 0.717) is 11.3 Å². The van der Waals surface area contributed by atoms with Gasteiger partial charge < -0.3 is 10.6 Å². The number of anilines is 1. The van der Waals surface area contributed by atoms with Gasteiger partial charge in [-0.3, -0.25) is 9.59 Å². The van der Waals surface area contributed by atoms with E-state index in [2.05, 4.69) is 26.6 Å². The second-order valence-electron chi connectivity index (χ2n) is 4.31. The minimum atomic E-state index is -0.249. The van der Waals surface area contributed by atoms with Crippen molar-refractivity contribution in [1.82, 2.24) is 5.32 Å². The molecule has 0 aromatic heterocycles. The van der Waals surface area contributed by atoms with Gasteiger partial charge in [-0.05, 0) is 45.0 Å². The van der Waals surface area contributed by atoms with E-state index in [1.807, 2.05) is 13.8 Å². The lowest BCUT2D eigenvalue weighted by Crippen LogP contribution is -2.30. The Morgan fingerprint density at radius 2 is 1.67 bits per heavy atom. The Labute approximate surface area is 115 Å². The number of benzene rings is 1. The number of nitrogens with one attached hydrogen (secondary N) is 2. The average Bonchev–Trinajstić information content (AvgIpc) is 2.28. The summed E-state index contributed by atoms with van der Waals surface area (Å²) < 4.78 is 0. The van der Waals surface area contributed by atoms with E-state index in [-0.39, 0.29) is 22.7 Å². The summed E-state index contributed by atoms with van der Waals surface area (Å²) in [7, 11) is 0. The molecular formula is C13H17BrN2O2. The molecule has 5 heteroatoms. The highest BCUT2D eigenvalue weighted by atomic mass is 79.9. The van der Waals surface area contributed by atoms with Crippen LogP contribution in [-0.2, 0) is 4.79 Å². The first-order valence-corrected chi connectivity index (χ1v) is 6.67. The van der Waals surface area contributed by atoms with Crippen molar-refractivity contribution in [3.05, 3.63) is 29.8 Å². The number of hydrogen-bond donors (Lipinski definition) is 2. The summed E-state index contributed by atoms with van der Waals surface area (Å²) in [5.74, 6) is -0.230. The van der Waals surface area contributed by atoms with E-state index < -0.39 is 0 Å². The molecule has 0 saturated carbocycles. The zero-order chi connectivity index (χ0) is 13.7. The molecule has 1 aromatic rings. The molecule has 0 spiro atoms. The molecule has 1 atom stereocenters. The predicted octanol–water partition coefficient (Wildman–Crippen LogP) is 2.55. The maximum atomic E-state index is 11.7. The molecule has 0 aliphatic heterocycles. The summed E-state index contributed by atoms with van der Waals surface area (Å²) >= 11 is 3.19. The standard InChI is InChI=1S/C13H17BrN2O2/c1-8(2)15-13(18)10-4-6-11(7-5-10)16-12(17)9(3)14/h4-9H,1-3H3,(H,15,18)(H,16,17). The lowest BCUT2D eigenvalue weighted by molar-refractivity contribution is -0.115. The van der Waals surface area contributed by atoms with Crippen LogP contribution < -0.4 is 10.6 Å². The maximum Gasteiger partial charge on any atom is 0.251 e. The van der Waals surface area contributed by atoms with Crippen LogP contribution in [0.3, 0.4) is 0 Å². The summed E-state index contributed by atoms with van der Waals surface area (Å²) in [5.41, 5.74) is 1.25. The molecule has 1 aromatic carbocycles. The zero-order valence-electron chi connectivity index (χ0n) is 10.7. The van der Waals surface area contributed by atoms with Crippen molar-refractivity contribution in [2.24, 2.45) is 0 Å². The Kier molecular flexibility index (Phi) is 5.34. The third-order valence-electron chi connectivity index (χ3n) is 2.20. The molecule has 0 aliphatic carbocycles. The number of carbonyl (C=O) groups is 2. The summed E-state index contributed by atoms with van der Waals surface area (Å²) in [6.45, 7) is 5.56. The van der Waals surface area contributed by atoms with Gasteiger partial charge in [0.2, 0.25) is 5.91 Å². The first-order chi connectivity index (χ1) is 8.40. The van der Waals surface area contributed by atoms with E-state index in [9.17, 15) is 9.59 Å². The summed E-state index contributed by atoms with van der Waals surface area (Å²) in [6, 6.07) is 6.90. The second kappa shape index (κ2) is 6.54. The van der Waals surface area contributed by atoms with Crippen LogP contribution in [-0.4, -0.2) is 22.7 Å². The Morgan fingerprint density at radius 3 is 2.11 bits per heavy atom. The fourth-order valence-corrected chi connectivity index (χ4v) is 1.41. The molecule has 0 aliphatic rings. The third kappa shape index (κ3) is 4.49. The van der Waals surface area contributed by atoms with Crippen LogP contribution in [0.4, 0.5) is 5.69 Å². The minimum absolute atomic E-state index is 0.103. The second-order valence-corrected chi connectivity index (χ2v) is 5.68. The van der Waals surface area contributed by atoms with Crippen LogP contribution in [0.1, 0.15) is 31.1 Å². The van der Waals surface area contributed by atoms with Gasteiger partial charge >= 0.3 is 0 Å². The number of amides is 2. The SMILES string of the molecule is CC(C)NC(=O)c1ccc(NC(=O)C(C)Br)cc1. The van der Waals surface area contributed by atoms with Crippen LogP contribution in [0.15, 0.2) is 24.3 Å². The molecule has 0 fully saturated rings. The number of carbonyl (C=O) groups excluding carboxylic acids is 2. The molecule has 1 unspecified atom stereocenters. The van der Waals surface area contributed by atoms with Crippen molar-refractivity contribution in [3.63, 3.8) is 0 Å². The average molecular weight is 313 g/mol. The molecule has 1 rings (SSSR count). The van der Waals surface area contributed by atoms with Crippen molar-refractivity contribution < 1.29 is 9.59 Å². The Hall–Kier alpha value is -1.36. The molecule has 4 nitrogen and oxygen atoms in total. The number of hydrogen-bond acceptors (Lipinski definition) is 2. The van der Waals surface area contributed by atoms with Crippen LogP contribution in [0, 0.1) is 0 Å². The number of rotatable bonds is 4. The van der Waals surface area contributed by atoms with E-state index in [1.165, 1.54) is 0 Å². The van der Waals surface area contributed by atoms with E-state index in [1.54, 1.807) is 31.2 Å². The molecule has 0 heterocycles. The predicted molar refractivity (Wildman–Crippen MR) is 76.1 cm³/mol. The number of alkyl halides is 1. The zero-order valence-corrected chi connectivity index (χ0v) is 12.2. The molecule has 0 bridgehead atoms. The van der Waals surface area contributed by atoms with Gasteiger partial charge in [0.25, 0.3) is 5.91 Å². The molecular weight excluding hydrogens is 296 g/mol. The van der Waals surface area contributed by atoms with Gasteiger partial charge in [-0.25, -0.2) is 0 Å². The number of halogens is 1. The Balaban J connectivity index is 2.68. The Morgan fingerprint density at radius 1 is 1.11 bits per heavy atom. The molecule has 0 saturated heterocycles. The molecule has 2 amide bonds. The van der Waals surface area contributed by atoms with Gasteiger partial charge in [0.15, 0.2) is 0 Å². The van der Waals surface area contributed by atoms with Crippen molar-refractivity contribution in [3.8, 4) is 0 Å². The highest BCUT2D eigenvalue weighted by Crippen LogP contribution is 2.11. The van der Waals surface area contributed by atoms with Gasteiger partial charge in [-0.15, -0.1) is 0 Å². The summed E-state index contributed by atoms with van der Waals surface area (Å²) in [4.78, 5) is 22.9. The third-order valence-corrected chi connectivity index (χ3v) is 2.61. The van der Waals surface area contributed by atoms with Crippen molar-refractivity contribution in [2.75, 3.05) is 5.32 Å². The van der Waals surface area contributed by atoms with Gasteiger partial charge in [0.1, 0.15) is 0 Å². The van der Waals surface area contributed by atoms with E-state index >= 15 is 0 Å². The minimum Gasteiger partial charge on any atom is -0.350 e. The van der Waals surface area contributed by atoms with E-state index in [0.717, 1.165) is 0 Å². The highest BCUT2D eigenvalue weighted by molar-refractivity contribution is 9.10. The lowest BCUT2D eigenvalue weighted by atomic mass is 10.2. The first-order valence-electron chi connectivity index (χ1n) is 5.76. The van der Waals surface area contributed by atoms with E-state index in [4.69, 9.17) is 0 Å². The first kappa shape index (κ1) is 14.7. The van der Waals surface area contributed by atoms with Gasteiger partial charge in [-0.2, -0.15) is 0 Å². The summed E-state index contributed by atoms with van der Waals surface area (Å²) in [5, 5.41) is 5.53. The normalized spacial score (nSPS) is 12.1. The highest BCUT2D eigenvalue weighted by Gasteiger charge is 2.10. The fraction of sp³-hybridized carbons (Fsp3) is 0.385. The monoisotopic (exact) mass is 312 g/mol. The van der Waals surface area contributed by atoms with Crippen LogP contribution in [0.2, 0.25) is 0 Å². The van der Waals surface area contributed by atoms with Crippen molar-refractivity contribution in [2.45, 2.75) is 31.6 Å². The maximum absolute atomic E-state index is 11.7.